The first kappa shape index (κ1) is 74.5. The first-order valence-corrected chi connectivity index (χ1v) is 40.6. The van der Waals surface area contributed by atoms with Crippen LogP contribution < -0.4 is 16.0 Å². The highest BCUT2D eigenvalue weighted by Crippen LogP contribution is 2.41. The highest BCUT2D eigenvalue weighted by Gasteiger charge is 2.29. The Morgan fingerprint density at radius 2 is 0.686 bits per heavy atom. The molecule has 105 heavy (non-hydrogen) atoms. The van der Waals surface area contributed by atoms with Crippen LogP contribution in [0.3, 0.4) is 0 Å². The van der Waals surface area contributed by atoms with Crippen LogP contribution in [0.25, 0.3) is 66.5 Å². The molecule has 6 N–H and O–H groups in total. The number of hydrogen-bond donors (Lipinski definition) is 6. The molecule has 16 rings (SSSR count). The zero-order valence-corrected chi connectivity index (χ0v) is 63.4. The number of aromatic nitrogens is 9. The van der Waals surface area contributed by atoms with Crippen molar-refractivity contribution in [3.63, 3.8) is 0 Å². The van der Waals surface area contributed by atoms with Gasteiger partial charge in [0.15, 0.2) is 0 Å². The molecule has 4 aliphatic carbocycles. The van der Waals surface area contributed by atoms with Crippen molar-refractivity contribution >= 4 is 50.9 Å². The van der Waals surface area contributed by atoms with E-state index in [1.54, 1.807) is 0 Å². The third kappa shape index (κ3) is 19.5. The van der Waals surface area contributed by atoms with Crippen molar-refractivity contribution in [2.75, 3.05) is 115 Å². The largest absolute Gasteiger partial charge is 0.393 e. The molecule has 20 heteroatoms. The average molecular weight is 1430 g/mol. The number of nitrogens with zero attached hydrogens (tertiary/aromatic N) is 14. The zero-order valence-electron chi connectivity index (χ0n) is 63.4. The molecule has 9 aromatic rings. The van der Waals surface area contributed by atoms with Gasteiger partial charge in [-0.25, -0.2) is 15.0 Å². The van der Waals surface area contributed by atoms with E-state index in [9.17, 15) is 15.3 Å². The van der Waals surface area contributed by atoms with Crippen LogP contribution in [-0.2, 0) is 19.6 Å². The third-order valence-corrected chi connectivity index (χ3v) is 23.7. The van der Waals surface area contributed by atoms with E-state index in [-0.39, 0.29) is 18.3 Å². The molecule has 4 saturated carbocycles. The highest BCUT2D eigenvalue weighted by atomic mass is 16.3. The molecule has 0 spiro atoms. The van der Waals surface area contributed by atoms with Gasteiger partial charge < -0.3 is 54.8 Å². The van der Waals surface area contributed by atoms with Gasteiger partial charge in [-0.05, 0) is 176 Å². The van der Waals surface area contributed by atoms with Gasteiger partial charge in [0.05, 0.1) is 18.3 Å². The predicted octanol–water partition coefficient (Wildman–Crippen LogP) is 14.8. The van der Waals surface area contributed by atoms with Gasteiger partial charge in [0.25, 0.3) is 0 Å². The smallest absolute Gasteiger partial charge is 0.224 e. The molecule has 0 amide bonds. The number of benzene rings is 3. The topological polar surface area (TPSA) is 205 Å². The van der Waals surface area contributed by atoms with Crippen LogP contribution in [0.1, 0.15) is 190 Å². The quantitative estimate of drug-likeness (QED) is 0.0311. The van der Waals surface area contributed by atoms with E-state index in [0.29, 0.717) is 30.0 Å². The summed E-state index contributed by atoms with van der Waals surface area (Å²) in [4.78, 5) is 41.4. The third-order valence-electron chi connectivity index (χ3n) is 23.7. The van der Waals surface area contributed by atoms with Crippen molar-refractivity contribution in [2.45, 2.75) is 211 Å². The highest BCUT2D eigenvalue weighted by molar-refractivity contribution is 5.96. The second-order valence-corrected chi connectivity index (χ2v) is 31.8. The molecule has 7 aliphatic rings. The molecule has 3 aromatic carbocycles. The van der Waals surface area contributed by atoms with Crippen molar-refractivity contribution in [2.24, 2.45) is 5.92 Å². The molecule has 0 bridgehead atoms. The Kier molecular flexibility index (Phi) is 25.5. The Morgan fingerprint density at radius 1 is 0.371 bits per heavy atom. The number of hydrogen-bond acceptors (Lipinski definition) is 17. The lowest BCUT2D eigenvalue weighted by molar-refractivity contribution is 0.111. The van der Waals surface area contributed by atoms with Crippen molar-refractivity contribution in [1.29, 1.82) is 0 Å². The number of piperazine rings is 2. The molecule has 3 saturated heterocycles. The summed E-state index contributed by atoms with van der Waals surface area (Å²) in [6, 6.07) is 28.3. The van der Waals surface area contributed by atoms with Crippen LogP contribution in [0, 0.1) is 5.92 Å². The van der Waals surface area contributed by atoms with E-state index in [0.717, 1.165) is 239 Å². The molecule has 0 radical (unpaired) electrons. The Labute approximate surface area is 623 Å². The lowest BCUT2D eigenvalue weighted by Crippen LogP contribution is -2.43. The van der Waals surface area contributed by atoms with Crippen LogP contribution in [0.4, 0.5) is 17.8 Å². The molecule has 20 nitrogen and oxygen atoms in total. The number of likely N-dealkylation sites (tertiary alicyclic amines) is 1. The molecule has 7 fully saturated rings. The molecular formula is C85H119N17O3. The second kappa shape index (κ2) is 36.0. The molecule has 562 valence electrons. The normalized spacial score (nSPS) is 22.5. The van der Waals surface area contributed by atoms with Gasteiger partial charge in [-0.1, -0.05) is 119 Å². The Hall–Kier alpha value is -7.40. The van der Waals surface area contributed by atoms with Gasteiger partial charge in [0.2, 0.25) is 17.8 Å². The van der Waals surface area contributed by atoms with E-state index in [1.165, 1.54) is 102 Å². The van der Waals surface area contributed by atoms with Crippen LogP contribution in [0.2, 0.25) is 0 Å². The maximum atomic E-state index is 10.1. The van der Waals surface area contributed by atoms with Gasteiger partial charge in [-0.2, -0.15) is 15.0 Å². The zero-order chi connectivity index (χ0) is 72.0. The number of aliphatic hydroxyl groups excluding tert-OH is 3. The number of likely N-dealkylation sites (N-methyl/N-ethyl adjacent to an activating group) is 2. The standard InChI is InChI=1S/C29H40N6O.C28H40N6O.C28H39N5O/c1-33-14-16-34(17-15-33)19-22-4-6-23(7-5-22)27-20-35(24-8-10-25(36)11-9-24)28-26(27)18-31-29(32-28)30-13-12-21-2-3-21;1-3-4-13-29-28-30-18-25-26(20-34(27(25)31-28)23-9-11-24(35)12-10-23)22-7-5-21(6-8-22)19-33-16-14-32(2)15-17-33;1-2-3-15-29-28-30-18-25-26(20-33(27(25)31-28)23-11-13-24(34)14-12-23)22-9-7-21(8-10-22)19-32-16-5-4-6-17-32/h4-7,18,20-21,24-25,36H,2-3,8-17,19H2,1H3,(H,30,31,32);5-8,18,20,23-24,35H,3-4,9-17,19H2,1-2H3,(H,29,30,31);7-10,18,20,23-24,34H,2-6,11-17,19H2,1H3,(H,29,30,31). The van der Waals surface area contributed by atoms with Crippen LogP contribution >= 0.6 is 0 Å². The van der Waals surface area contributed by atoms with E-state index < -0.39 is 0 Å². The number of fused-ring (bicyclic) bond motifs is 3. The summed E-state index contributed by atoms with van der Waals surface area (Å²) in [6.07, 6.45) is 35.9. The fourth-order valence-corrected chi connectivity index (χ4v) is 16.7. The minimum Gasteiger partial charge on any atom is -0.393 e. The van der Waals surface area contributed by atoms with Crippen molar-refractivity contribution < 1.29 is 15.3 Å². The number of aliphatic hydroxyl groups is 3. The summed E-state index contributed by atoms with van der Waals surface area (Å²) >= 11 is 0. The molecule has 0 atom stereocenters. The Morgan fingerprint density at radius 3 is 1.00 bits per heavy atom. The number of nitrogens with one attached hydrogen (secondary N) is 3. The minimum absolute atomic E-state index is 0.161. The van der Waals surface area contributed by atoms with Crippen LogP contribution in [0.15, 0.2) is 110 Å². The monoisotopic (exact) mass is 1430 g/mol. The fraction of sp³-hybridized carbons (Fsp3) is 0.576. The summed E-state index contributed by atoms with van der Waals surface area (Å²) in [7, 11) is 4.40. The lowest BCUT2D eigenvalue weighted by atomic mass is 9.93. The van der Waals surface area contributed by atoms with E-state index in [1.807, 2.05) is 18.6 Å². The molecule has 0 unspecified atom stereocenters. The van der Waals surface area contributed by atoms with Gasteiger partial charge in [0.1, 0.15) is 16.9 Å². The lowest BCUT2D eigenvalue weighted by Gasteiger charge is -2.32. The average Bonchev–Trinajstić information content (AvgIpc) is 1.63. The van der Waals surface area contributed by atoms with Gasteiger partial charge in [-0.15, -0.1) is 0 Å². The number of unbranched alkanes of at least 4 members (excludes halogenated alkanes) is 2. The number of rotatable bonds is 24. The Bertz CT molecular complexity index is 4160. The first-order chi connectivity index (χ1) is 51.4. The van der Waals surface area contributed by atoms with Crippen molar-refractivity contribution in [3.8, 4) is 33.4 Å². The Balaban J connectivity index is 0.000000133. The summed E-state index contributed by atoms with van der Waals surface area (Å²) in [6.45, 7) is 21.7. The molecule has 9 heterocycles. The first-order valence-electron chi connectivity index (χ1n) is 40.6. The van der Waals surface area contributed by atoms with E-state index in [2.05, 4.69) is 183 Å². The molecule has 6 aromatic heterocycles. The molecular weight excluding hydrogens is 1310 g/mol. The molecule has 3 aliphatic heterocycles. The number of piperidine rings is 1. The second-order valence-electron chi connectivity index (χ2n) is 31.8. The summed E-state index contributed by atoms with van der Waals surface area (Å²) < 4.78 is 7.06. The summed E-state index contributed by atoms with van der Waals surface area (Å²) in [5.74, 6) is 3.03. The van der Waals surface area contributed by atoms with Gasteiger partial charge in [0, 0.05) is 180 Å². The minimum atomic E-state index is -0.165. The summed E-state index contributed by atoms with van der Waals surface area (Å²) in [5.41, 5.74) is 14.4. The van der Waals surface area contributed by atoms with Gasteiger partial charge >= 0.3 is 0 Å². The predicted molar refractivity (Wildman–Crippen MR) is 427 cm³/mol. The fourth-order valence-electron chi connectivity index (χ4n) is 16.7. The summed E-state index contributed by atoms with van der Waals surface area (Å²) in [5, 5.41) is 43.7. The van der Waals surface area contributed by atoms with Gasteiger partial charge in [-0.3, -0.25) is 14.7 Å². The van der Waals surface area contributed by atoms with Crippen LogP contribution in [0.5, 0.6) is 0 Å². The van der Waals surface area contributed by atoms with E-state index >= 15 is 0 Å². The van der Waals surface area contributed by atoms with Crippen molar-refractivity contribution in [1.82, 2.24) is 68.1 Å². The number of anilines is 3. The van der Waals surface area contributed by atoms with E-state index in [4.69, 9.17) is 19.9 Å². The maximum Gasteiger partial charge on any atom is 0.224 e. The maximum absolute atomic E-state index is 10.1. The van der Waals surface area contributed by atoms with Crippen molar-refractivity contribution in [3.05, 3.63) is 127 Å². The van der Waals surface area contributed by atoms with Crippen LogP contribution in [-0.4, -0.2) is 201 Å². The SMILES string of the molecule is CCCCNc1ncc2c(-c3ccc(CN4CCCCC4)cc3)cn(C3CCC(O)CC3)c2n1.CCCCNc1ncc2c(-c3ccc(CN4CCN(C)CC4)cc3)cn(C3CCC(O)CC3)c2n1.CN1CCN(Cc2ccc(-c3cn(C4CCC(O)CC4)c4nc(NCCC5CC5)ncc34)cc2)CC1.